The van der Waals surface area contributed by atoms with Gasteiger partial charge in [0.25, 0.3) is 0 Å². The van der Waals surface area contributed by atoms with Crippen LogP contribution >= 0.6 is 0 Å². The molecule has 1 rings (SSSR count). The highest BCUT2D eigenvalue weighted by Gasteiger charge is 2.06. The van der Waals surface area contributed by atoms with Crippen molar-refractivity contribution in [1.29, 1.82) is 0 Å². The van der Waals surface area contributed by atoms with Gasteiger partial charge in [-0.05, 0) is 12.1 Å². The molecule has 1 aromatic rings. The van der Waals surface area contributed by atoms with Crippen LogP contribution in [0.3, 0.4) is 0 Å². The number of hydrogen-bond acceptors (Lipinski definition) is 4. The number of rotatable bonds is 4. The molecule has 0 saturated heterocycles. The van der Waals surface area contributed by atoms with E-state index in [1.165, 1.54) is 25.4 Å². The molecule has 0 aliphatic heterocycles. The van der Waals surface area contributed by atoms with Crippen LogP contribution in [0.5, 0.6) is 0 Å². The summed E-state index contributed by atoms with van der Waals surface area (Å²) < 4.78 is 5.59. The number of ether oxygens (including phenoxy) is 1. The molecule has 0 fully saturated rings. The van der Waals surface area contributed by atoms with Crippen LogP contribution in [0.15, 0.2) is 24.5 Å². The molecule has 6 nitrogen and oxygen atoms in total. The molecule has 0 aliphatic carbocycles. The van der Waals surface area contributed by atoms with Gasteiger partial charge in [0, 0.05) is 19.3 Å². The van der Waals surface area contributed by atoms with Crippen LogP contribution in [0.25, 0.3) is 0 Å². The summed E-state index contributed by atoms with van der Waals surface area (Å²) in [6, 6.07) is 3.08. The molecular formula is C13H21N2O4+. The molecule has 106 valence electrons. The number of carbonyl (C=O) groups is 2. The maximum atomic E-state index is 10.3. The number of hydrogen-bond donors (Lipinski definition) is 1. The minimum absolute atomic E-state index is 0.201. The SMILES string of the molecule is CC(=O)OCC[N+](C)(C)C.O=C(O)c1cccnc1. The van der Waals surface area contributed by atoms with Crippen molar-refractivity contribution in [1.82, 2.24) is 4.98 Å². The van der Waals surface area contributed by atoms with Crippen molar-refractivity contribution in [2.75, 3.05) is 34.3 Å². The zero-order chi connectivity index (χ0) is 14.9. The van der Waals surface area contributed by atoms with Crippen molar-refractivity contribution >= 4 is 11.9 Å². The lowest BCUT2D eigenvalue weighted by Crippen LogP contribution is -2.37. The second-order valence-corrected chi connectivity index (χ2v) is 4.90. The van der Waals surface area contributed by atoms with E-state index < -0.39 is 5.97 Å². The van der Waals surface area contributed by atoms with Crippen molar-refractivity contribution in [3.63, 3.8) is 0 Å². The third-order valence-corrected chi connectivity index (χ3v) is 1.98. The Morgan fingerprint density at radius 3 is 2.32 bits per heavy atom. The van der Waals surface area contributed by atoms with E-state index >= 15 is 0 Å². The molecule has 0 unspecified atom stereocenters. The molecule has 1 heterocycles. The smallest absolute Gasteiger partial charge is 0.337 e. The predicted molar refractivity (Wildman–Crippen MR) is 70.7 cm³/mol. The fourth-order valence-electron chi connectivity index (χ4n) is 0.953. The number of carboxylic acid groups (broad SMARTS) is 1. The number of aromatic nitrogens is 1. The Labute approximate surface area is 113 Å². The van der Waals surface area contributed by atoms with E-state index in [1.54, 1.807) is 6.07 Å². The van der Waals surface area contributed by atoms with Crippen LogP contribution in [0.1, 0.15) is 17.3 Å². The van der Waals surface area contributed by atoms with E-state index in [-0.39, 0.29) is 11.5 Å². The van der Waals surface area contributed by atoms with E-state index in [4.69, 9.17) is 9.84 Å². The highest BCUT2D eigenvalue weighted by atomic mass is 16.5. The Morgan fingerprint density at radius 1 is 1.37 bits per heavy atom. The number of aromatic carboxylic acids is 1. The van der Waals surface area contributed by atoms with Crippen LogP contribution < -0.4 is 0 Å². The number of esters is 1. The quantitative estimate of drug-likeness (QED) is 0.652. The normalized spacial score (nSPS) is 10.1. The fraction of sp³-hybridized carbons (Fsp3) is 0.462. The summed E-state index contributed by atoms with van der Waals surface area (Å²) >= 11 is 0. The van der Waals surface area contributed by atoms with Gasteiger partial charge in [-0.25, -0.2) is 4.79 Å². The summed E-state index contributed by atoms with van der Waals surface area (Å²) in [5.74, 6) is -1.14. The Kier molecular flexibility index (Phi) is 7.36. The van der Waals surface area contributed by atoms with Crippen LogP contribution in [-0.2, 0) is 9.53 Å². The number of quaternary nitrogens is 1. The van der Waals surface area contributed by atoms with Crippen molar-refractivity contribution in [3.8, 4) is 0 Å². The average molecular weight is 269 g/mol. The van der Waals surface area contributed by atoms with Crippen molar-refractivity contribution in [2.45, 2.75) is 6.92 Å². The van der Waals surface area contributed by atoms with Gasteiger partial charge in [-0.3, -0.25) is 9.78 Å². The molecule has 0 bridgehead atoms. The summed E-state index contributed by atoms with van der Waals surface area (Å²) in [6.07, 6.45) is 2.84. The highest BCUT2D eigenvalue weighted by molar-refractivity contribution is 5.86. The first-order valence-corrected chi connectivity index (χ1v) is 5.79. The van der Waals surface area contributed by atoms with Gasteiger partial charge >= 0.3 is 11.9 Å². The monoisotopic (exact) mass is 269 g/mol. The first kappa shape index (κ1) is 17.1. The first-order chi connectivity index (χ1) is 8.72. The largest absolute Gasteiger partial charge is 0.478 e. The van der Waals surface area contributed by atoms with Gasteiger partial charge in [-0.15, -0.1) is 0 Å². The van der Waals surface area contributed by atoms with Crippen LogP contribution in [-0.4, -0.2) is 60.8 Å². The van der Waals surface area contributed by atoms with Crippen LogP contribution in [0.2, 0.25) is 0 Å². The topological polar surface area (TPSA) is 76.5 Å². The average Bonchev–Trinajstić information content (AvgIpc) is 2.28. The van der Waals surface area contributed by atoms with Crippen molar-refractivity contribution in [3.05, 3.63) is 30.1 Å². The Bertz CT molecular complexity index is 399. The fourth-order valence-corrected chi connectivity index (χ4v) is 0.953. The van der Waals surface area contributed by atoms with Gasteiger partial charge in [0.2, 0.25) is 0 Å². The van der Waals surface area contributed by atoms with Gasteiger partial charge in [-0.2, -0.15) is 0 Å². The molecular weight excluding hydrogens is 248 g/mol. The number of likely N-dealkylation sites (N-methyl/N-ethyl adjacent to an activating group) is 1. The van der Waals surface area contributed by atoms with Gasteiger partial charge in [0.05, 0.1) is 26.7 Å². The minimum atomic E-state index is -0.942. The van der Waals surface area contributed by atoms with E-state index in [2.05, 4.69) is 26.1 Å². The van der Waals surface area contributed by atoms with Gasteiger partial charge < -0.3 is 14.3 Å². The standard InChI is InChI=1S/C7H16NO2.C6H5NO2/c1-7(9)10-6-5-8(2,3)4;8-6(9)5-2-1-3-7-4-5/h5-6H2,1-4H3;1-4H,(H,8,9)/q+1;. The third kappa shape index (κ3) is 10.9. The summed E-state index contributed by atoms with van der Waals surface area (Å²) in [5.41, 5.74) is 0.220. The van der Waals surface area contributed by atoms with Gasteiger partial charge in [0.15, 0.2) is 0 Å². The molecule has 1 N–H and O–H groups in total. The van der Waals surface area contributed by atoms with Crippen molar-refractivity contribution in [2.24, 2.45) is 0 Å². The summed E-state index contributed by atoms with van der Waals surface area (Å²) in [4.78, 5) is 24.1. The number of carbonyl (C=O) groups excluding carboxylic acids is 1. The van der Waals surface area contributed by atoms with Gasteiger partial charge in [-0.1, -0.05) is 0 Å². The Hall–Kier alpha value is -1.95. The summed E-state index contributed by atoms with van der Waals surface area (Å²) in [6.45, 7) is 2.80. The lowest BCUT2D eigenvalue weighted by Gasteiger charge is -2.23. The third-order valence-electron chi connectivity index (χ3n) is 1.98. The maximum absolute atomic E-state index is 10.3. The lowest BCUT2D eigenvalue weighted by molar-refractivity contribution is -0.870. The highest BCUT2D eigenvalue weighted by Crippen LogP contribution is 1.93. The van der Waals surface area contributed by atoms with Gasteiger partial charge in [0.1, 0.15) is 13.2 Å². The van der Waals surface area contributed by atoms with Crippen LogP contribution in [0.4, 0.5) is 0 Å². The van der Waals surface area contributed by atoms with Crippen molar-refractivity contribution < 1.29 is 23.9 Å². The Morgan fingerprint density at radius 2 is 2.00 bits per heavy atom. The first-order valence-electron chi connectivity index (χ1n) is 5.79. The molecule has 1 aromatic heterocycles. The number of pyridine rings is 1. The van der Waals surface area contributed by atoms with E-state index in [0.29, 0.717) is 6.61 Å². The molecule has 0 radical (unpaired) electrons. The molecule has 19 heavy (non-hydrogen) atoms. The predicted octanol–water partition coefficient (Wildman–Crippen LogP) is 1.04. The summed E-state index contributed by atoms with van der Waals surface area (Å²) in [5, 5.41) is 8.34. The molecule has 6 heteroatoms. The Balaban J connectivity index is 0.000000342. The summed E-state index contributed by atoms with van der Waals surface area (Å²) in [7, 11) is 6.18. The van der Waals surface area contributed by atoms with E-state index in [9.17, 15) is 9.59 Å². The number of carboxylic acids is 1. The molecule has 0 atom stereocenters. The maximum Gasteiger partial charge on any atom is 0.337 e. The molecule has 0 amide bonds. The zero-order valence-corrected chi connectivity index (χ0v) is 11.8. The van der Waals surface area contributed by atoms with E-state index in [1.807, 2.05) is 0 Å². The molecule has 0 saturated carbocycles. The number of nitrogens with zero attached hydrogens (tertiary/aromatic N) is 2. The molecule has 0 aliphatic rings. The van der Waals surface area contributed by atoms with E-state index in [0.717, 1.165) is 11.0 Å². The minimum Gasteiger partial charge on any atom is -0.478 e. The van der Waals surface area contributed by atoms with Crippen LogP contribution in [0, 0.1) is 0 Å². The second-order valence-electron chi connectivity index (χ2n) is 4.90. The molecule has 0 spiro atoms. The lowest BCUT2D eigenvalue weighted by atomic mass is 10.3. The second kappa shape index (κ2) is 8.20. The zero-order valence-electron chi connectivity index (χ0n) is 11.8. The molecule has 0 aromatic carbocycles.